The van der Waals surface area contributed by atoms with E-state index >= 15 is 0 Å². The van der Waals surface area contributed by atoms with Gasteiger partial charge in [-0.2, -0.15) is 23.5 Å². The number of pyridine rings is 1. The van der Waals surface area contributed by atoms with Gasteiger partial charge in [0.15, 0.2) is 17.7 Å². The van der Waals surface area contributed by atoms with E-state index in [0.29, 0.717) is 17.1 Å². The summed E-state index contributed by atoms with van der Waals surface area (Å²) in [6, 6.07) is 6.88. The third-order valence-corrected chi connectivity index (χ3v) is 5.30. The number of hydrogen-bond acceptors (Lipinski definition) is 6. The molecule has 0 radical (unpaired) electrons. The summed E-state index contributed by atoms with van der Waals surface area (Å²) in [5.74, 6) is -1.41. The van der Waals surface area contributed by atoms with E-state index in [2.05, 4.69) is 10.1 Å². The summed E-state index contributed by atoms with van der Waals surface area (Å²) >= 11 is 0. The predicted molar refractivity (Wildman–Crippen MR) is 109 cm³/mol. The minimum absolute atomic E-state index is 0.0312. The standard InChI is InChI=1S/C22H17F4N5O3/c1-12(22(24,25)26)34-17-5-3-13(7-27)20(33-2)19(17)21(32)30-10-14-8-29-31(16(14)11-30)18-6-4-15(23)9-28-18/h3-6,8-9,12H,10-11H2,1-2H3. The van der Waals surface area contributed by atoms with Crippen LogP contribution in [0, 0.1) is 17.1 Å². The average molecular weight is 475 g/mol. The number of amides is 1. The van der Waals surface area contributed by atoms with Crippen LogP contribution in [-0.2, 0) is 13.1 Å². The van der Waals surface area contributed by atoms with Crippen molar-refractivity contribution in [1.29, 1.82) is 5.26 Å². The second-order valence-corrected chi connectivity index (χ2v) is 7.46. The molecule has 1 aliphatic heterocycles. The van der Waals surface area contributed by atoms with Crippen molar-refractivity contribution in [2.24, 2.45) is 0 Å². The zero-order valence-corrected chi connectivity index (χ0v) is 17.9. The molecule has 1 atom stereocenters. The fourth-order valence-electron chi connectivity index (χ4n) is 3.57. The van der Waals surface area contributed by atoms with Crippen molar-refractivity contribution in [3.8, 4) is 23.4 Å². The Morgan fingerprint density at radius 2 is 1.97 bits per heavy atom. The summed E-state index contributed by atoms with van der Waals surface area (Å²) in [6.45, 7) is 0.958. The molecular weight excluding hydrogens is 458 g/mol. The number of carbonyl (C=O) groups excluding carboxylic acids is 1. The molecule has 0 aliphatic carbocycles. The summed E-state index contributed by atoms with van der Waals surface area (Å²) in [5, 5.41) is 13.6. The van der Waals surface area contributed by atoms with E-state index in [-0.39, 0.29) is 35.7 Å². The number of benzene rings is 1. The second-order valence-electron chi connectivity index (χ2n) is 7.46. The number of nitriles is 1. The monoisotopic (exact) mass is 475 g/mol. The Morgan fingerprint density at radius 1 is 1.21 bits per heavy atom. The fraction of sp³-hybridized carbons (Fsp3) is 0.273. The molecule has 0 fully saturated rings. The van der Waals surface area contributed by atoms with Crippen LogP contribution < -0.4 is 9.47 Å². The van der Waals surface area contributed by atoms with E-state index in [1.807, 2.05) is 6.07 Å². The number of hydrogen-bond donors (Lipinski definition) is 0. The van der Waals surface area contributed by atoms with Crippen LogP contribution in [-0.4, -0.2) is 45.0 Å². The summed E-state index contributed by atoms with van der Waals surface area (Å²) in [5.41, 5.74) is 0.966. The number of halogens is 4. The molecule has 0 saturated carbocycles. The first-order valence-corrected chi connectivity index (χ1v) is 9.95. The molecule has 3 aromatic rings. The molecule has 4 rings (SSSR count). The zero-order chi connectivity index (χ0) is 24.6. The van der Waals surface area contributed by atoms with E-state index in [4.69, 9.17) is 9.47 Å². The van der Waals surface area contributed by atoms with Crippen LogP contribution in [0.4, 0.5) is 17.6 Å². The lowest BCUT2D eigenvalue weighted by molar-refractivity contribution is -0.189. The Morgan fingerprint density at radius 3 is 2.59 bits per heavy atom. The summed E-state index contributed by atoms with van der Waals surface area (Å²) in [4.78, 5) is 18.8. The van der Waals surface area contributed by atoms with Gasteiger partial charge >= 0.3 is 6.18 Å². The van der Waals surface area contributed by atoms with Crippen molar-refractivity contribution in [3.63, 3.8) is 0 Å². The highest BCUT2D eigenvalue weighted by atomic mass is 19.4. The quantitative estimate of drug-likeness (QED) is 0.522. The molecule has 1 amide bonds. The van der Waals surface area contributed by atoms with E-state index < -0.39 is 24.0 Å². The van der Waals surface area contributed by atoms with Crippen LogP contribution >= 0.6 is 0 Å². The average Bonchev–Trinajstić information content (AvgIpc) is 3.39. The number of methoxy groups -OCH3 is 1. The van der Waals surface area contributed by atoms with Crippen molar-refractivity contribution in [2.75, 3.05) is 7.11 Å². The summed E-state index contributed by atoms with van der Waals surface area (Å²) in [6.07, 6.45) is -4.31. The lowest BCUT2D eigenvalue weighted by Gasteiger charge is -2.23. The molecule has 1 unspecified atom stereocenters. The Bertz CT molecular complexity index is 1280. The van der Waals surface area contributed by atoms with Crippen molar-refractivity contribution in [1.82, 2.24) is 19.7 Å². The highest BCUT2D eigenvalue weighted by Gasteiger charge is 2.40. The van der Waals surface area contributed by atoms with Gasteiger partial charge in [0.05, 0.1) is 37.3 Å². The Hall–Kier alpha value is -4.14. The Kier molecular flexibility index (Phi) is 5.87. The molecule has 2 aromatic heterocycles. The van der Waals surface area contributed by atoms with Crippen molar-refractivity contribution in [3.05, 3.63) is 64.9 Å². The topological polar surface area (TPSA) is 93.3 Å². The fourth-order valence-corrected chi connectivity index (χ4v) is 3.57. The Balaban J connectivity index is 1.69. The van der Waals surface area contributed by atoms with Gasteiger partial charge < -0.3 is 14.4 Å². The first-order chi connectivity index (χ1) is 16.1. The zero-order valence-electron chi connectivity index (χ0n) is 17.9. The predicted octanol–water partition coefficient (Wildman–Crippen LogP) is 3.77. The van der Waals surface area contributed by atoms with E-state index in [1.54, 1.807) is 0 Å². The minimum Gasteiger partial charge on any atom is -0.494 e. The maximum atomic E-state index is 13.5. The highest BCUT2D eigenvalue weighted by molar-refractivity contribution is 6.00. The molecule has 0 bridgehead atoms. The molecule has 3 heterocycles. The van der Waals surface area contributed by atoms with Gasteiger partial charge in [-0.3, -0.25) is 4.79 Å². The van der Waals surface area contributed by atoms with Gasteiger partial charge in [0.1, 0.15) is 23.2 Å². The SMILES string of the molecule is COc1c(C#N)ccc(OC(C)C(F)(F)F)c1C(=O)N1Cc2cnn(-c3ccc(F)cn3)c2C1. The molecule has 0 spiro atoms. The second kappa shape index (κ2) is 8.66. The molecule has 12 heteroatoms. The molecule has 0 N–H and O–H groups in total. The van der Waals surface area contributed by atoms with Gasteiger partial charge in [0.2, 0.25) is 0 Å². The molecule has 1 aliphatic rings. The molecule has 8 nitrogen and oxygen atoms in total. The third kappa shape index (κ3) is 4.12. The normalized spacial score (nSPS) is 13.9. The number of carbonyl (C=O) groups is 1. The maximum absolute atomic E-state index is 13.5. The first kappa shape index (κ1) is 23.0. The molecule has 1 aromatic carbocycles. The Labute approximate surface area is 190 Å². The third-order valence-electron chi connectivity index (χ3n) is 5.30. The number of nitrogens with zero attached hydrogens (tertiary/aromatic N) is 5. The largest absolute Gasteiger partial charge is 0.494 e. The van der Waals surface area contributed by atoms with Crippen molar-refractivity contribution < 1.29 is 31.8 Å². The molecule has 176 valence electrons. The van der Waals surface area contributed by atoms with Gasteiger partial charge in [-0.15, -0.1) is 0 Å². The van der Waals surface area contributed by atoms with E-state index in [9.17, 15) is 27.6 Å². The number of rotatable bonds is 5. The smallest absolute Gasteiger partial charge is 0.425 e. The van der Waals surface area contributed by atoms with Gasteiger partial charge in [0.25, 0.3) is 5.91 Å². The van der Waals surface area contributed by atoms with Crippen molar-refractivity contribution in [2.45, 2.75) is 32.3 Å². The van der Waals surface area contributed by atoms with Gasteiger partial charge in [-0.1, -0.05) is 0 Å². The lowest BCUT2D eigenvalue weighted by Crippen LogP contribution is -2.33. The van der Waals surface area contributed by atoms with E-state index in [0.717, 1.165) is 19.2 Å². The first-order valence-electron chi connectivity index (χ1n) is 9.95. The van der Waals surface area contributed by atoms with Crippen LogP contribution in [0.3, 0.4) is 0 Å². The number of ether oxygens (including phenoxy) is 2. The van der Waals surface area contributed by atoms with Crippen molar-refractivity contribution >= 4 is 5.91 Å². The van der Waals surface area contributed by atoms with Crippen LogP contribution in [0.2, 0.25) is 0 Å². The summed E-state index contributed by atoms with van der Waals surface area (Å²) < 4.78 is 64.3. The highest BCUT2D eigenvalue weighted by Crippen LogP contribution is 2.37. The number of fused-ring (bicyclic) bond motifs is 1. The number of aromatic nitrogens is 3. The number of alkyl halides is 3. The molecular formula is C22H17F4N5O3. The maximum Gasteiger partial charge on any atom is 0.425 e. The minimum atomic E-state index is -4.67. The van der Waals surface area contributed by atoms with Crippen LogP contribution in [0.25, 0.3) is 5.82 Å². The molecule has 0 saturated heterocycles. The van der Waals surface area contributed by atoms with E-state index in [1.165, 1.54) is 41.1 Å². The van der Waals surface area contributed by atoms with Gasteiger partial charge in [-0.25, -0.2) is 14.1 Å². The van der Waals surface area contributed by atoms with Crippen LogP contribution in [0.1, 0.15) is 34.1 Å². The lowest BCUT2D eigenvalue weighted by atomic mass is 10.1. The molecule has 34 heavy (non-hydrogen) atoms. The van der Waals surface area contributed by atoms with Gasteiger partial charge in [-0.05, 0) is 31.2 Å². The van der Waals surface area contributed by atoms with Crippen LogP contribution in [0.5, 0.6) is 11.5 Å². The van der Waals surface area contributed by atoms with Gasteiger partial charge in [0, 0.05) is 12.1 Å². The van der Waals surface area contributed by atoms with Crippen LogP contribution in [0.15, 0.2) is 36.7 Å². The summed E-state index contributed by atoms with van der Waals surface area (Å²) in [7, 11) is 1.21.